The van der Waals surface area contributed by atoms with Crippen molar-refractivity contribution < 1.29 is 4.79 Å². The van der Waals surface area contributed by atoms with Crippen LogP contribution >= 0.6 is 11.3 Å². The molecule has 0 fully saturated rings. The Morgan fingerprint density at radius 3 is 3.00 bits per heavy atom. The van der Waals surface area contributed by atoms with Crippen LogP contribution in [0.1, 0.15) is 21.1 Å². The molecule has 106 valence electrons. The van der Waals surface area contributed by atoms with Crippen LogP contribution in [0.5, 0.6) is 0 Å². The molecule has 0 saturated carbocycles. The maximum atomic E-state index is 12.2. The molecule has 6 heteroatoms. The number of rotatable bonds is 3. The quantitative estimate of drug-likeness (QED) is 0.779. The van der Waals surface area contributed by atoms with Crippen molar-refractivity contribution in [1.29, 1.82) is 0 Å². The van der Waals surface area contributed by atoms with Crippen molar-refractivity contribution in [3.63, 3.8) is 0 Å². The van der Waals surface area contributed by atoms with E-state index in [9.17, 15) is 4.79 Å². The summed E-state index contributed by atoms with van der Waals surface area (Å²) >= 11 is 1.64. The second-order valence-corrected chi connectivity index (χ2v) is 5.84. The number of benzene rings is 1. The van der Waals surface area contributed by atoms with Gasteiger partial charge in [-0.1, -0.05) is 0 Å². The number of carbonyl (C=O) groups excluding carboxylic acids is 1. The van der Waals surface area contributed by atoms with E-state index in [-0.39, 0.29) is 5.91 Å². The number of hydrogen-bond donors (Lipinski definition) is 2. The Kier molecular flexibility index (Phi) is 3.64. The molecule has 0 radical (unpaired) electrons. The highest BCUT2D eigenvalue weighted by Crippen LogP contribution is 2.24. The normalized spacial score (nSPS) is 10.8. The Hall–Kier alpha value is -2.31. The lowest BCUT2D eigenvalue weighted by Gasteiger charge is -2.06. The van der Waals surface area contributed by atoms with Gasteiger partial charge in [-0.3, -0.25) is 9.78 Å². The molecule has 0 atom stereocenters. The fourth-order valence-electron chi connectivity index (χ4n) is 2.05. The molecule has 2 aromatic heterocycles. The van der Waals surface area contributed by atoms with Crippen molar-refractivity contribution in [3.05, 3.63) is 52.8 Å². The summed E-state index contributed by atoms with van der Waals surface area (Å²) in [4.78, 5) is 20.7. The fourth-order valence-corrected chi connectivity index (χ4v) is 2.86. The number of hydrogen-bond acceptors (Lipinski definition) is 5. The lowest BCUT2D eigenvalue weighted by Crippen LogP contribution is -2.13. The lowest BCUT2D eigenvalue weighted by atomic mass is 10.2. The molecule has 0 bridgehead atoms. The summed E-state index contributed by atoms with van der Waals surface area (Å²) < 4.78 is 1.11. The van der Waals surface area contributed by atoms with Crippen LogP contribution in [-0.2, 0) is 6.54 Å². The van der Waals surface area contributed by atoms with Gasteiger partial charge >= 0.3 is 0 Å². The van der Waals surface area contributed by atoms with Gasteiger partial charge in [0.05, 0.1) is 20.9 Å². The van der Waals surface area contributed by atoms with E-state index in [1.165, 1.54) is 0 Å². The monoisotopic (exact) mass is 298 g/mol. The number of thiazole rings is 1. The molecule has 0 aliphatic rings. The van der Waals surface area contributed by atoms with Crippen LogP contribution in [0, 0.1) is 6.92 Å². The Balaban J connectivity index is 1.84. The molecular weight excluding hydrogens is 284 g/mol. The first-order valence-corrected chi connectivity index (χ1v) is 7.31. The summed E-state index contributed by atoms with van der Waals surface area (Å²) in [6.07, 6.45) is 1.59. The highest BCUT2D eigenvalue weighted by atomic mass is 32.1. The summed E-state index contributed by atoms with van der Waals surface area (Å²) in [7, 11) is 0. The third-order valence-corrected chi connectivity index (χ3v) is 3.99. The van der Waals surface area contributed by atoms with Crippen LogP contribution < -0.4 is 11.1 Å². The number of fused-ring (bicyclic) bond motifs is 1. The van der Waals surface area contributed by atoms with Crippen LogP contribution in [0.4, 0.5) is 5.69 Å². The number of carbonyl (C=O) groups is 1. The minimum atomic E-state index is -0.182. The first kappa shape index (κ1) is 13.7. The van der Waals surface area contributed by atoms with E-state index in [2.05, 4.69) is 15.3 Å². The van der Waals surface area contributed by atoms with Crippen molar-refractivity contribution in [2.45, 2.75) is 13.5 Å². The van der Waals surface area contributed by atoms with E-state index in [0.29, 0.717) is 17.8 Å². The third-order valence-electron chi connectivity index (χ3n) is 3.04. The number of aromatic nitrogens is 2. The SMILES string of the molecule is Cc1nc2cc(NC(=O)c3ccnc(CN)c3)ccc2s1. The smallest absolute Gasteiger partial charge is 0.255 e. The average molecular weight is 298 g/mol. The lowest BCUT2D eigenvalue weighted by molar-refractivity contribution is 0.102. The van der Waals surface area contributed by atoms with Gasteiger partial charge < -0.3 is 11.1 Å². The van der Waals surface area contributed by atoms with Crippen LogP contribution in [0.3, 0.4) is 0 Å². The molecule has 1 amide bonds. The number of nitrogens with two attached hydrogens (primary N) is 1. The van der Waals surface area contributed by atoms with E-state index >= 15 is 0 Å². The first-order valence-electron chi connectivity index (χ1n) is 6.49. The van der Waals surface area contributed by atoms with E-state index < -0.39 is 0 Å². The molecule has 0 aliphatic heterocycles. The third kappa shape index (κ3) is 2.91. The maximum Gasteiger partial charge on any atom is 0.255 e. The predicted molar refractivity (Wildman–Crippen MR) is 84.4 cm³/mol. The highest BCUT2D eigenvalue weighted by Gasteiger charge is 2.08. The van der Waals surface area contributed by atoms with E-state index in [4.69, 9.17) is 5.73 Å². The zero-order valence-corrected chi connectivity index (χ0v) is 12.3. The Morgan fingerprint density at radius 2 is 2.19 bits per heavy atom. The van der Waals surface area contributed by atoms with Crippen LogP contribution in [0.15, 0.2) is 36.5 Å². The van der Waals surface area contributed by atoms with Crippen molar-refractivity contribution in [1.82, 2.24) is 9.97 Å². The van der Waals surface area contributed by atoms with Gasteiger partial charge in [0.1, 0.15) is 0 Å². The molecule has 0 saturated heterocycles. The first-order chi connectivity index (χ1) is 10.2. The summed E-state index contributed by atoms with van der Waals surface area (Å²) in [5.74, 6) is -0.182. The number of amides is 1. The average Bonchev–Trinajstić information content (AvgIpc) is 2.86. The van der Waals surface area contributed by atoms with Crippen LogP contribution in [0.25, 0.3) is 10.2 Å². The van der Waals surface area contributed by atoms with Gasteiger partial charge in [-0.05, 0) is 37.3 Å². The molecule has 2 heterocycles. The minimum absolute atomic E-state index is 0.182. The number of nitrogens with one attached hydrogen (secondary N) is 1. The molecule has 3 aromatic rings. The van der Waals surface area contributed by atoms with Gasteiger partial charge in [0.15, 0.2) is 0 Å². The number of pyridine rings is 1. The number of nitrogens with zero attached hydrogens (tertiary/aromatic N) is 2. The Labute approximate surface area is 125 Å². The summed E-state index contributed by atoms with van der Waals surface area (Å²) in [6.45, 7) is 2.28. The van der Waals surface area contributed by atoms with Gasteiger partial charge in [-0.2, -0.15) is 0 Å². The molecule has 3 rings (SSSR count). The molecule has 1 aromatic carbocycles. The van der Waals surface area contributed by atoms with Crippen LogP contribution in [-0.4, -0.2) is 15.9 Å². The summed E-state index contributed by atoms with van der Waals surface area (Å²) in [5, 5.41) is 3.88. The molecule has 21 heavy (non-hydrogen) atoms. The molecular formula is C15H14N4OS. The zero-order valence-electron chi connectivity index (χ0n) is 11.5. The van der Waals surface area contributed by atoms with Gasteiger partial charge in [-0.15, -0.1) is 11.3 Å². The predicted octanol–water partition coefficient (Wildman–Crippen LogP) is 2.71. The van der Waals surface area contributed by atoms with Gasteiger partial charge in [-0.25, -0.2) is 4.98 Å². The molecule has 0 spiro atoms. The largest absolute Gasteiger partial charge is 0.325 e. The second-order valence-electron chi connectivity index (χ2n) is 4.61. The van der Waals surface area contributed by atoms with E-state index in [1.807, 2.05) is 25.1 Å². The standard InChI is InChI=1S/C15H14N4OS/c1-9-18-13-7-11(2-3-14(13)21-9)19-15(20)10-4-5-17-12(6-10)8-16/h2-7H,8,16H2,1H3,(H,19,20). The van der Waals surface area contributed by atoms with Gasteiger partial charge in [0, 0.05) is 24.0 Å². The van der Waals surface area contributed by atoms with Crippen LogP contribution in [0.2, 0.25) is 0 Å². The minimum Gasteiger partial charge on any atom is -0.325 e. The van der Waals surface area contributed by atoms with E-state index in [0.717, 1.165) is 20.9 Å². The molecule has 0 unspecified atom stereocenters. The fraction of sp³-hybridized carbons (Fsp3) is 0.133. The van der Waals surface area contributed by atoms with Crippen molar-refractivity contribution >= 4 is 33.1 Å². The van der Waals surface area contributed by atoms with E-state index in [1.54, 1.807) is 29.7 Å². The zero-order chi connectivity index (χ0) is 14.8. The number of anilines is 1. The molecule has 0 aliphatic carbocycles. The number of aryl methyl sites for hydroxylation is 1. The summed E-state index contributed by atoms with van der Waals surface area (Å²) in [5.41, 5.74) is 8.39. The van der Waals surface area contributed by atoms with Crippen molar-refractivity contribution in [2.24, 2.45) is 5.73 Å². The second kappa shape index (κ2) is 5.59. The summed E-state index contributed by atoms with van der Waals surface area (Å²) in [6, 6.07) is 9.08. The Morgan fingerprint density at radius 1 is 1.33 bits per heavy atom. The highest BCUT2D eigenvalue weighted by molar-refractivity contribution is 7.18. The molecule has 5 nitrogen and oxygen atoms in total. The Bertz CT molecular complexity index is 812. The van der Waals surface area contributed by atoms with Crippen molar-refractivity contribution in [3.8, 4) is 0 Å². The van der Waals surface area contributed by atoms with Gasteiger partial charge in [0.25, 0.3) is 5.91 Å². The maximum absolute atomic E-state index is 12.2. The van der Waals surface area contributed by atoms with Crippen molar-refractivity contribution in [2.75, 3.05) is 5.32 Å². The topological polar surface area (TPSA) is 80.9 Å². The molecule has 3 N–H and O–H groups in total. The van der Waals surface area contributed by atoms with Gasteiger partial charge in [0.2, 0.25) is 0 Å².